The molecule has 0 atom stereocenters. The van der Waals surface area contributed by atoms with E-state index in [0.717, 1.165) is 25.8 Å². The van der Waals surface area contributed by atoms with Crippen LogP contribution in [0.4, 0.5) is 0 Å². The Morgan fingerprint density at radius 2 is 2.17 bits per heavy atom. The molecule has 0 spiro atoms. The van der Waals surface area contributed by atoms with E-state index in [9.17, 15) is 4.79 Å². The van der Waals surface area contributed by atoms with Crippen molar-refractivity contribution in [3.05, 3.63) is 12.3 Å². The third kappa shape index (κ3) is 2.68. The molecule has 0 radical (unpaired) electrons. The highest BCUT2D eigenvalue weighted by Gasteiger charge is 2.14. The zero-order valence-electron chi connectivity index (χ0n) is 7.92. The van der Waals surface area contributed by atoms with Gasteiger partial charge >= 0.3 is 0 Å². The summed E-state index contributed by atoms with van der Waals surface area (Å²) in [5.41, 5.74) is 0. The standard InChI is InChI=1S/C10H17NO/c1-9(2)6-8-11-7-4-3-5-10(11)12/h6,8-9H,3-5,7H2,1-2H3/b8-6+. The van der Waals surface area contributed by atoms with Gasteiger partial charge in [0.1, 0.15) is 0 Å². The molecule has 1 saturated heterocycles. The van der Waals surface area contributed by atoms with E-state index in [1.807, 2.05) is 11.1 Å². The molecule has 1 aliphatic heterocycles. The third-order valence-electron chi connectivity index (χ3n) is 2.01. The van der Waals surface area contributed by atoms with Gasteiger partial charge in [0.2, 0.25) is 5.91 Å². The molecule has 2 heteroatoms. The van der Waals surface area contributed by atoms with Crippen LogP contribution in [0, 0.1) is 5.92 Å². The lowest BCUT2D eigenvalue weighted by Crippen LogP contribution is -2.30. The predicted octanol–water partition coefficient (Wildman–Crippen LogP) is 2.17. The van der Waals surface area contributed by atoms with Crippen LogP contribution in [0.3, 0.4) is 0 Å². The Morgan fingerprint density at radius 1 is 1.42 bits per heavy atom. The molecule has 1 amide bonds. The van der Waals surface area contributed by atoms with Gasteiger partial charge in [-0.2, -0.15) is 0 Å². The van der Waals surface area contributed by atoms with Crippen LogP contribution in [0.15, 0.2) is 12.3 Å². The number of allylic oxidation sites excluding steroid dienone is 1. The average Bonchev–Trinajstić information content (AvgIpc) is 2.03. The fraction of sp³-hybridized carbons (Fsp3) is 0.700. The second kappa shape index (κ2) is 4.29. The molecule has 0 N–H and O–H groups in total. The average molecular weight is 167 g/mol. The minimum Gasteiger partial charge on any atom is -0.319 e. The van der Waals surface area contributed by atoms with Crippen LogP contribution in [0.1, 0.15) is 33.1 Å². The normalized spacial score (nSPS) is 19.6. The number of rotatable bonds is 2. The van der Waals surface area contributed by atoms with E-state index in [-0.39, 0.29) is 5.91 Å². The molecule has 0 saturated carbocycles. The predicted molar refractivity (Wildman–Crippen MR) is 49.5 cm³/mol. The summed E-state index contributed by atoms with van der Waals surface area (Å²) in [6.07, 6.45) is 6.94. The lowest BCUT2D eigenvalue weighted by atomic mass is 10.1. The van der Waals surface area contributed by atoms with Crippen LogP contribution in [-0.4, -0.2) is 17.4 Å². The first-order valence-corrected chi connectivity index (χ1v) is 4.68. The van der Waals surface area contributed by atoms with Crippen molar-refractivity contribution in [2.45, 2.75) is 33.1 Å². The molecule has 0 unspecified atom stereocenters. The SMILES string of the molecule is CC(C)/C=C/N1CCCCC1=O. The smallest absolute Gasteiger partial charge is 0.226 e. The van der Waals surface area contributed by atoms with Gasteiger partial charge in [-0.1, -0.05) is 19.9 Å². The van der Waals surface area contributed by atoms with E-state index < -0.39 is 0 Å². The number of hydrogen-bond donors (Lipinski definition) is 0. The van der Waals surface area contributed by atoms with Gasteiger partial charge in [0, 0.05) is 19.2 Å². The van der Waals surface area contributed by atoms with Gasteiger partial charge in [0.15, 0.2) is 0 Å². The Hall–Kier alpha value is -0.790. The first-order chi connectivity index (χ1) is 5.70. The van der Waals surface area contributed by atoms with Crippen molar-refractivity contribution in [3.8, 4) is 0 Å². The summed E-state index contributed by atoms with van der Waals surface area (Å²) in [4.78, 5) is 13.1. The Kier molecular flexibility index (Phi) is 3.32. The molecule has 68 valence electrons. The molecule has 0 aliphatic carbocycles. The molecule has 1 fully saturated rings. The fourth-order valence-electron chi connectivity index (χ4n) is 1.26. The Balaban J connectivity index is 2.44. The summed E-state index contributed by atoms with van der Waals surface area (Å²) in [6, 6.07) is 0. The first kappa shape index (κ1) is 9.30. The highest BCUT2D eigenvalue weighted by atomic mass is 16.2. The maximum absolute atomic E-state index is 11.3. The minimum atomic E-state index is 0.276. The summed E-state index contributed by atoms with van der Waals surface area (Å²) >= 11 is 0. The summed E-state index contributed by atoms with van der Waals surface area (Å²) < 4.78 is 0. The van der Waals surface area contributed by atoms with E-state index in [0.29, 0.717) is 5.92 Å². The van der Waals surface area contributed by atoms with Crippen LogP contribution >= 0.6 is 0 Å². The Morgan fingerprint density at radius 3 is 2.75 bits per heavy atom. The van der Waals surface area contributed by atoms with Gasteiger partial charge < -0.3 is 4.90 Å². The summed E-state index contributed by atoms with van der Waals surface area (Å²) in [7, 11) is 0. The quantitative estimate of drug-likeness (QED) is 0.617. The van der Waals surface area contributed by atoms with E-state index >= 15 is 0 Å². The molecule has 0 bridgehead atoms. The third-order valence-corrected chi connectivity index (χ3v) is 2.01. The molecule has 2 nitrogen and oxygen atoms in total. The molecule has 12 heavy (non-hydrogen) atoms. The Labute approximate surface area is 74.2 Å². The number of hydrogen-bond acceptors (Lipinski definition) is 1. The van der Waals surface area contributed by atoms with Gasteiger partial charge in [-0.3, -0.25) is 4.79 Å². The molecule has 0 aromatic carbocycles. The van der Waals surface area contributed by atoms with Gasteiger partial charge in [0.05, 0.1) is 0 Å². The highest BCUT2D eigenvalue weighted by Crippen LogP contribution is 2.11. The van der Waals surface area contributed by atoms with Gasteiger partial charge in [-0.05, 0) is 18.8 Å². The topological polar surface area (TPSA) is 20.3 Å². The monoisotopic (exact) mass is 167 g/mol. The molecular weight excluding hydrogens is 150 g/mol. The van der Waals surface area contributed by atoms with Crippen LogP contribution in [0.2, 0.25) is 0 Å². The number of amides is 1. The highest BCUT2D eigenvalue weighted by molar-refractivity contribution is 5.77. The summed E-state index contributed by atoms with van der Waals surface area (Å²) in [5, 5.41) is 0. The van der Waals surface area contributed by atoms with Crippen molar-refractivity contribution in [1.29, 1.82) is 0 Å². The van der Waals surface area contributed by atoms with Crippen LogP contribution < -0.4 is 0 Å². The van der Waals surface area contributed by atoms with E-state index in [1.54, 1.807) is 0 Å². The lowest BCUT2D eigenvalue weighted by Gasteiger charge is -2.23. The fourth-order valence-corrected chi connectivity index (χ4v) is 1.26. The van der Waals surface area contributed by atoms with Crippen molar-refractivity contribution >= 4 is 5.91 Å². The van der Waals surface area contributed by atoms with Crippen molar-refractivity contribution in [2.24, 2.45) is 5.92 Å². The van der Waals surface area contributed by atoms with Crippen LogP contribution in [0.5, 0.6) is 0 Å². The number of piperidine rings is 1. The minimum absolute atomic E-state index is 0.276. The van der Waals surface area contributed by atoms with Crippen molar-refractivity contribution < 1.29 is 4.79 Å². The van der Waals surface area contributed by atoms with Crippen LogP contribution in [0.25, 0.3) is 0 Å². The van der Waals surface area contributed by atoms with Crippen molar-refractivity contribution in [1.82, 2.24) is 4.90 Å². The van der Waals surface area contributed by atoms with Crippen molar-refractivity contribution in [2.75, 3.05) is 6.54 Å². The molecule has 1 aliphatic rings. The molecule has 1 rings (SSSR count). The lowest BCUT2D eigenvalue weighted by molar-refractivity contribution is -0.130. The van der Waals surface area contributed by atoms with Crippen molar-refractivity contribution in [3.63, 3.8) is 0 Å². The zero-order chi connectivity index (χ0) is 8.97. The van der Waals surface area contributed by atoms with Gasteiger partial charge in [-0.25, -0.2) is 0 Å². The van der Waals surface area contributed by atoms with Crippen LogP contribution in [-0.2, 0) is 4.79 Å². The summed E-state index contributed by atoms with van der Waals surface area (Å²) in [6.45, 7) is 5.14. The number of carbonyl (C=O) groups excluding carboxylic acids is 1. The maximum Gasteiger partial charge on any atom is 0.226 e. The van der Waals surface area contributed by atoms with E-state index in [2.05, 4.69) is 19.9 Å². The number of nitrogens with zero attached hydrogens (tertiary/aromatic N) is 1. The first-order valence-electron chi connectivity index (χ1n) is 4.68. The van der Waals surface area contributed by atoms with E-state index in [1.165, 1.54) is 0 Å². The molecule has 1 heterocycles. The summed E-state index contributed by atoms with van der Waals surface area (Å²) in [5.74, 6) is 0.804. The van der Waals surface area contributed by atoms with Gasteiger partial charge in [0.25, 0.3) is 0 Å². The number of likely N-dealkylation sites (tertiary alicyclic amines) is 1. The molecule has 0 aromatic heterocycles. The second-order valence-corrected chi connectivity index (χ2v) is 3.63. The van der Waals surface area contributed by atoms with Gasteiger partial charge in [-0.15, -0.1) is 0 Å². The number of carbonyl (C=O) groups is 1. The maximum atomic E-state index is 11.3. The molecular formula is C10H17NO. The molecule has 0 aromatic rings. The largest absolute Gasteiger partial charge is 0.319 e. The van der Waals surface area contributed by atoms with E-state index in [4.69, 9.17) is 0 Å². The second-order valence-electron chi connectivity index (χ2n) is 3.63. The Bertz CT molecular complexity index is 184. The zero-order valence-corrected chi connectivity index (χ0v) is 7.92.